The molecule has 4 nitrogen and oxygen atoms in total. The van der Waals surface area contributed by atoms with E-state index in [0.29, 0.717) is 19.6 Å². The smallest absolute Gasteiger partial charge is 0.339 e. The molecule has 0 saturated heterocycles. The lowest BCUT2D eigenvalue weighted by Crippen LogP contribution is -2.14. The Bertz CT molecular complexity index is 520. The number of carbonyl (C=O) groups is 2. The summed E-state index contributed by atoms with van der Waals surface area (Å²) in [6.07, 6.45) is 8.54. The maximum atomic E-state index is 12.1. The SMILES string of the molecule is CC/C=C\CCOC(=O)c1ccccc1C(=O)OCCCCC. The molecule has 0 radical (unpaired) electrons. The second-order valence-electron chi connectivity index (χ2n) is 5.19. The van der Waals surface area contributed by atoms with Gasteiger partial charge in [-0.2, -0.15) is 0 Å². The van der Waals surface area contributed by atoms with Gasteiger partial charge in [0.2, 0.25) is 0 Å². The molecule has 0 saturated carbocycles. The van der Waals surface area contributed by atoms with Gasteiger partial charge in [-0.1, -0.05) is 51.0 Å². The fourth-order valence-electron chi connectivity index (χ4n) is 2.02. The second-order valence-corrected chi connectivity index (χ2v) is 5.19. The van der Waals surface area contributed by atoms with Crippen molar-refractivity contribution < 1.29 is 19.1 Å². The highest BCUT2D eigenvalue weighted by Gasteiger charge is 2.18. The monoisotopic (exact) mass is 318 g/mol. The van der Waals surface area contributed by atoms with Crippen LogP contribution in [0.3, 0.4) is 0 Å². The first kappa shape index (κ1) is 18.9. The second kappa shape index (κ2) is 11.5. The molecule has 0 bridgehead atoms. The zero-order valence-electron chi connectivity index (χ0n) is 14.0. The van der Waals surface area contributed by atoms with Gasteiger partial charge in [-0.3, -0.25) is 0 Å². The van der Waals surface area contributed by atoms with Gasteiger partial charge in [0.15, 0.2) is 0 Å². The van der Waals surface area contributed by atoms with Crippen LogP contribution in [0.25, 0.3) is 0 Å². The first-order valence-electron chi connectivity index (χ1n) is 8.29. The van der Waals surface area contributed by atoms with Crippen molar-refractivity contribution >= 4 is 11.9 Å². The molecule has 0 heterocycles. The van der Waals surface area contributed by atoms with Gasteiger partial charge in [-0.15, -0.1) is 0 Å². The largest absolute Gasteiger partial charge is 0.462 e. The van der Waals surface area contributed by atoms with Crippen molar-refractivity contribution in [3.05, 3.63) is 47.5 Å². The summed E-state index contributed by atoms with van der Waals surface area (Å²) in [5, 5.41) is 0. The fourth-order valence-corrected chi connectivity index (χ4v) is 2.02. The number of allylic oxidation sites excluding steroid dienone is 1. The molecule has 0 N–H and O–H groups in total. The Balaban J connectivity index is 2.59. The molecule has 1 aromatic carbocycles. The molecular formula is C19H26O4. The van der Waals surface area contributed by atoms with Crippen LogP contribution in [0.1, 0.15) is 66.7 Å². The number of esters is 2. The standard InChI is InChI=1S/C19H26O4/c1-3-5-7-11-15-23-19(21)17-13-9-8-12-16(17)18(20)22-14-10-6-4-2/h5,7-9,12-13H,3-4,6,10-11,14-15H2,1-2H3/b7-5-. The predicted molar refractivity (Wildman–Crippen MR) is 90.6 cm³/mol. The van der Waals surface area contributed by atoms with Crippen LogP contribution in [-0.4, -0.2) is 25.2 Å². The van der Waals surface area contributed by atoms with Crippen molar-refractivity contribution in [1.82, 2.24) is 0 Å². The highest BCUT2D eigenvalue weighted by atomic mass is 16.5. The molecule has 0 amide bonds. The molecule has 0 atom stereocenters. The highest BCUT2D eigenvalue weighted by Crippen LogP contribution is 2.12. The van der Waals surface area contributed by atoms with Crippen LogP contribution in [0.2, 0.25) is 0 Å². The Morgan fingerprint density at radius 2 is 1.52 bits per heavy atom. The normalized spacial score (nSPS) is 10.7. The number of rotatable bonds is 10. The minimum absolute atomic E-state index is 0.257. The minimum Gasteiger partial charge on any atom is -0.462 e. The topological polar surface area (TPSA) is 52.6 Å². The number of benzene rings is 1. The molecule has 1 aromatic rings. The number of hydrogen-bond donors (Lipinski definition) is 0. The Morgan fingerprint density at radius 1 is 0.913 bits per heavy atom. The van der Waals surface area contributed by atoms with Crippen LogP contribution in [0.15, 0.2) is 36.4 Å². The average molecular weight is 318 g/mol. The molecule has 0 aliphatic carbocycles. The summed E-state index contributed by atoms with van der Waals surface area (Å²) in [4.78, 5) is 24.2. The Morgan fingerprint density at radius 3 is 2.09 bits per heavy atom. The van der Waals surface area contributed by atoms with Gasteiger partial charge < -0.3 is 9.47 Å². The lowest BCUT2D eigenvalue weighted by atomic mass is 10.1. The van der Waals surface area contributed by atoms with E-state index in [0.717, 1.165) is 25.7 Å². The summed E-state index contributed by atoms with van der Waals surface area (Å²) in [5.74, 6) is -0.962. The Hall–Kier alpha value is -2.10. The van der Waals surface area contributed by atoms with E-state index in [-0.39, 0.29) is 11.1 Å². The third-order valence-corrected chi connectivity index (χ3v) is 3.27. The molecule has 0 aliphatic rings. The van der Waals surface area contributed by atoms with Crippen molar-refractivity contribution in [2.24, 2.45) is 0 Å². The van der Waals surface area contributed by atoms with Crippen molar-refractivity contribution in [3.63, 3.8) is 0 Å². The van der Waals surface area contributed by atoms with Crippen molar-refractivity contribution in [1.29, 1.82) is 0 Å². The molecule has 23 heavy (non-hydrogen) atoms. The van der Waals surface area contributed by atoms with E-state index in [1.165, 1.54) is 0 Å². The van der Waals surface area contributed by atoms with E-state index >= 15 is 0 Å². The summed E-state index contributed by atoms with van der Waals surface area (Å²) in [6.45, 7) is 4.81. The van der Waals surface area contributed by atoms with Gasteiger partial charge in [0.05, 0.1) is 24.3 Å². The maximum Gasteiger partial charge on any atom is 0.339 e. The molecule has 1 rings (SSSR count). The molecular weight excluding hydrogens is 292 g/mol. The zero-order valence-corrected chi connectivity index (χ0v) is 14.0. The molecule has 0 fully saturated rings. The third-order valence-electron chi connectivity index (χ3n) is 3.27. The third kappa shape index (κ3) is 7.13. The maximum absolute atomic E-state index is 12.1. The minimum atomic E-state index is -0.490. The van der Waals surface area contributed by atoms with Crippen LogP contribution < -0.4 is 0 Å². The van der Waals surface area contributed by atoms with Gasteiger partial charge in [-0.05, 0) is 31.4 Å². The van der Waals surface area contributed by atoms with E-state index in [1.807, 2.05) is 19.1 Å². The van der Waals surface area contributed by atoms with E-state index in [4.69, 9.17) is 9.47 Å². The first-order chi connectivity index (χ1) is 11.2. The van der Waals surface area contributed by atoms with E-state index < -0.39 is 11.9 Å². The molecule has 0 spiro atoms. The summed E-state index contributed by atoms with van der Waals surface area (Å²) < 4.78 is 10.4. The average Bonchev–Trinajstić information content (AvgIpc) is 2.58. The summed E-state index contributed by atoms with van der Waals surface area (Å²) in [5.41, 5.74) is 0.519. The van der Waals surface area contributed by atoms with Gasteiger partial charge in [0.25, 0.3) is 0 Å². The van der Waals surface area contributed by atoms with Crippen LogP contribution in [0.4, 0.5) is 0 Å². The summed E-state index contributed by atoms with van der Waals surface area (Å²) >= 11 is 0. The van der Waals surface area contributed by atoms with E-state index in [1.54, 1.807) is 24.3 Å². The fraction of sp³-hybridized carbons (Fsp3) is 0.474. The summed E-state index contributed by atoms with van der Waals surface area (Å²) in [6, 6.07) is 6.60. The Labute approximate surface area is 138 Å². The van der Waals surface area contributed by atoms with Gasteiger partial charge in [0, 0.05) is 0 Å². The highest BCUT2D eigenvalue weighted by molar-refractivity contribution is 6.03. The van der Waals surface area contributed by atoms with Crippen LogP contribution in [-0.2, 0) is 9.47 Å². The summed E-state index contributed by atoms with van der Waals surface area (Å²) in [7, 11) is 0. The van der Waals surface area contributed by atoms with Crippen LogP contribution >= 0.6 is 0 Å². The van der Waals surface area contributed by atoms with Crippen LogP contribution in [0.5, 0.6) is 0 Å². The molecule has 0 aliphatic heterocycles. The molecule has 126 valence electrons. The van der Waals surface area contributed by atoms with Crippen molar-refractivity contribution in [2.75, 3.05) is 13.2 Å². The van der Waals surface area contributed by atoms with E-state index in [2.05, 4.69) is 6.92 Å². The number of unbranched alkanes of at least 4 members (excludes halogenated alkanes) is 2. The molecule has 0 aromatic heterocycles. The van der Waals surface area contributed by atoms with Gasteiger partial charge in [0.1, 0.15) is 0 Å². The quantitative estimate of drug-likeness (QED) is 0.361. The lowest BCUT2D eigenvalue weighted by Gasteiger charge is -2.09. The lowest BCUT2D eigenvalue weighted by molar-refractivity contribution is 0.0457. The van der Waals surface area contributed by atoms with Crippen LogP contribution in [0, 0.1) is 0 Å². The van der Waals surface area contributed by atoms with E-state index in [9.17, 15) is 9.59 Å². The van der Waals surface area contributed by atoms with Gasteiger partial charge in [-0.25, -0.2) is 9.59 Å². The molecule has 0 unspecified atom stereocenters. The van der Waals surface area contributed by atoms with Gasteiger partial charge >= 0.3 is 11.9 Å². The number of carbonyl (C=O) groups excluding carboxylic acids is 2. The molecule has 4 heteroatoms. The first-order valence-corrected chi connectivity index (χ1v) is 8.29. The number of hydrogen-bond acceptors (Lipinski definition) is 4. The predicted octanol–water partition coefficient (Wildman–Crippen LogP) is 4.55. The van der Waals surface area contributed by atoms with Crippen molar-refractivity contribution in [2.45, 2.75) is 46.0 Å². The Kier molecular flexibility index (Phi) is 9.45. The van der Waals surface area contributed by atoms with Crippen molar-refractivity contribution in [3.8, 4) is 0 Å². The zero-order chi connectivity index (χ0) is 16.9. The number of ether oxygens (including phenoxy) is 2.